The minimum Gasteiger partial charge on any atom is -1.00 e. The van der Waals surface area contributed by atoms with E-state index >= 15 is 0 Å². The molecule has 0 bridgehead atoms. The first kappa shape index (κ1) is 39.9. The average molecular weight is 503 g/mol. The second-order valence-electron chi connectivity index (χ2n) is 9.36. The summed E-state index contributed by atoms with van der Waals surface area (Å²) in [7, 11) is 0. The number of aliphatic carboxylic acids is 3. The number of rotatable bonds is 17. The minimum atomic E-state index is -0.672. The Morgan fingerprint density at radius 1 is 0.636 bits per heavy atom. The van der Waals surface area contributed by atoms with Gasteiger partial charge in [-0.05, 0) is 37.5 Å². The van der Waals surface area contributed by atoms with Gasteiger partial charge in [0.15, 0.2) is 0 Å². The molecule has 0 aromatic rings. The van der Waals surface area contributed by atoms with Crippen LogP contribution in [0.4, 0.5) is 0 Å². The van der Waals surface area contributed by atoms with Gasteiger partial charge in [0.05, 0.1) is 5.92 Å². The summed E-state index contributed by atoms with van der Waals surface area (Å²) in [4.78, 5) is 30.6. The third-order valence-corrected chi connectivity index (χ3v) is 5.09. The van der Waals surface area contributed by atoms with Crippen LogP contribution in [-0.2, 0) is 14.4 Å². The zero-order valence-electron chi connectivity index (χ0n) is 24.4. The van der Waals surface area contributed by atoms with Crippen molar-refractivity contribution in [3.63, 3.8) is 0 Å². The molecule has 3 N–H and O–H groups in total. The zero-order chi connectivity index (χ0) is 25.4. The van der Waals surface area contributed by atoms with Crippen molar-refractivity contribution in [2.45, 2.75) is 131 Å². The van der Waals surface area contributed by atoms with Gasteiger partial charge in [-0.2, -0.15) is 0 Å². The second-order valence-corrected chi connectivity index (χ2v) is 9.36. The molecule has 0 aromatic carbocycles. The summed E-state index contributed by atoms with van der Waals surface area (Å²) in [6.45, 7) is 12.8. The van der Waals surface area contributed by atoms with Crippen molar-refractivity contribution in [2.24, 2.45) is 17.8 Å². The van der Waals surface area contributed by atoms with Gasteiger partial charge in [0.2, 0.25) is 0 Å². The molecule has 0 amide bonds. The summed E-state index contributed by atoms with van der Waals surface area (Å²) in [6, 6.07) is 0. The van der Waals surface area contributed by atoms with Crippen LogP contribution in [0, 0.1) is 17.8 Å². The third-order valence-electron chi connectivity index (χ3n) is 5.09. The molecule has 7 heteroatoms. The van der Waals surface area contributed by atoms with Crippen LogP contribution in [-0.4, -0.2) is 71.0 Å². The van der Waals surface area contributed by atoms with Gasteiger partial charge < -0.3 is 18.2 Å². The molecular formula is C26H54CaO6. The molecule has 0 saturated heterocycles. The SMILES string of the molecule is CC(C)CCCCCC(=O)O.CC(C)CCCCCC(=O)O.CCCCC(CC)C(=O)O.[Ca+2].[H-].[H-]. The van der Waals surface area contributed by atoms with Crippen molar-refractivity contribution < 1.29 is 32.6 Å². The normalized spacial score (nSPS) is 10.9. The summed E-state index contributed by atoms with van der Waals surface area (Å²) in [5.74, 6) is -0.598. The molecule has 0 spiro atoms. The van der Waals surface area contributed by atoms with E-state index in [0.717, 1.165) is 63.2 Å². The predicted molar refractivity (Wildman–Crippen MR) is 140 cm³/mol. The first-order valence-corrected chi connectivity index (χ1v) is 12.6. The van der Waals surface area contributed by atoms with Gasteiger partial charge >= 0.3 is 55.6 Å². The first-order chi connectivity index (χ1) is 15.0. The topological polar surface area (TPSA) is 112 Å². The van der Waals surface area contributed by atoms with Crippen LogP contribution in [0.1, 0.15) is 134 Å². The van der Waals surface area contributed by atoms with E-state index in [4.69, 9.17) is 15.3 Å². The zero-order valence-corrected chi connectivity index (χ0v) is 24.6. The predicted octanol–water partition coefficient (Wildman–Crippen LogP) is 7.49. The maximum absolute atomic E-state index is 10.4. The molecule has 0 aliphatic rings. The summed E-state index contributed by atoms with van der Waals surface area (Å²) in [5, 5.41) is 25.2. The molecule has 0 saturated carbocycles. The Kier molecular flexibility index (Phi) is 35.9. The molecule has 0 heterocycles. The van der Waals surface area contributed by atoms with E-state index in [1.165, 1.54) is 25.7 Å². The molecule has 33 heavy (non-hydrogen) atoms. The maximum atomic E-state index is 10.4. The Hall–Kier alpha value is -0.330. The molecule has 1 atom stereocenters. The van der Waals surface area contributed by atoms with Crippen LogP contribution >= 0.6 is 0 Å². The number of hydrogen-bond donors (Lipinski definition) is 3. The van der Waals surface area contributed by atoms with Gasteiger partial charge in [0, 0.05) is 12.8 Å². The number of carboxylic acids is 3. The number of carbonyl (C=O) groups is 3. The fourth-order valence-electron chi connectivity index (χ4n) is 2.96. The molecule has 196 valence electrons. The Bertz CT molecular complexity index is 435. The average Bonchev–Trinajstić information content (AvgIpc) is 2.68. The monoisotopic (exact) mass is 502 g/mol. The van der Waals surface area contributed by atoms with E-state index in [-0.39, 0.29) is 46.5 Å². The number of unbranched alkanes of at least 4 members (excludes halogenated alkanes) is 5. The van der Waals surface area contributed by atoms with Crippen LogP contribution in [0.2, 0.25) is 0 Å². The van der Waals surface area contributed by atoms with Gasteiger partial charge in [-0.15, -0.1) is 0 Å². The van der Waals surface area contributed by atoms with Crippen molar-refractivity contribution in [2.75, 3.05) is 0 Å². The van der Waals surface area contributed by atoms with Crippen molar-refractivity contribution in [1.82, 2.24) is 0 Å². The molecule has 1 unspecified atom stereocenters. The van der Waals surface area contributed by atoms with Crippen LogP contribution in [0.3, 0.4) is 0 Å². The third kappa shape index (κ3) is 42.3. The molecule has 0 aliphatic carbocycles. The van der Waals surface area contributed by atoms with Crippen LogP contribution in [0.15, 0.2) is 0 Å². The minimum absolute atomic E-state index is 0. The van der Waals surface area contributed by atoms with Crippen LogP contribution in [0.25, 0.3) is 0 Å². The summed E-state index contributed by atoms with van der Waals surface area (Å²) < 4.78 is 0. The molecule has 0 fully saturated rings. The molecule has 0 aromatic heterocycles. The summed E-state index contributed by atoms with van der Waals surface area (Å²) in [5.41, 5.74) is 0. The van der Waals surface area contributed by atoms with E-state index in [0.29, 0.717) is 12.8 Å². The van der Waals surface area contributed by atoms with E-state index in [9.17, 15) is 14.4 Å². The quantitative estimate of drug-likeness (QED) is 0.140. The van der Waals surface area contributed by atoms with Crippen LogP contribution < -0.4 is 0 Å². The van der Waals surface area contributed by atoms with Gasteiger partial charge in [-0.25, -0.2) is 0 Å². The van der Waals surface area contributed by atoms with Crippen molar-refractivity contribution in [3.8, 4) is 0 Å². The van der Waals surface area contributed by atoms with E-state index < -0.39 is 17.9 Å². The maximum Gasteiger partial charge on any atom is 2.00 e. The smallest absolute Gasteiger partial charge is 1.00 e. The summed E-state index contributed by atoms with van der Waals surface area (Å²) in [6.07, 6.45) is 13.0. The van der Waals surface area contributed by atoms with E-state index in [1.807, 2.05) is 6.92 Å². The standard InChI is InChI=1S/2C9H18O2.C8H16O2.Ca.2H/c2*1-8(2)6-4-3-5-7-9(10)11;1-3-5-6-7(4-2)8(9)10;;;/h2*8H,3-7H2,1-2H3,(H,10,11);7H,3-6H2,1-2H3,(H,9,10);;;/q;;;+2;2*-1. The van der Waals surface area contributed by atoms with Gasteiger partial charge in [-0.1, -0.05) is 92.9 Å². The molecular weight excluding hydrogens is 448 g/mol. The van der Waals surface area contributed by atoms with E-state index in [2.05, 4.69) is 34.6 Å². The van der Waals surface area contributed by atoms with E-state index in [1.54, 1.807) is 0 Å². The number of hydrogen-bond acceptors (Lipinski definition) is 3. The van der Waals surface area contributed by atoms with Crippen LogP contribution in [0.5, 0.6) is 0 Å². The molecule has 0 radical (unpaired) electrons. The first-order valence-electron chi connectivity index (χ1n) is 12.6. The molecule has 0 aliphatic heterocycles. The Labute approximate surface area is 236 Å². The fraction of sp³-hybridized carbons (Fsp3) is 0.885. The van der Waals surface area contributed by atoms with Crippen molar-refractivity contribution in [1.29, 1.82) is 0 Å². The fourth-order valence-corrected chi connectivity index (χ4v) is 2.96. The van der Waals surface area contributed by atoms with Gasteiger partial charge in [0.1, 0.15) is 0 Å². The van der Waals surface area contributed by atoms with Crippen molar-refractivity contribution in [3.05, 3.63) is 0 Å². The summed E-state index contributed by atoms with van der Waals surface area (Å²) >= 11 is 0. The Morgan fingerprint density at radius 3 is 1.27 bits per heavy atom. The van der Waals surface area contributed by atoms with Crippen molar-refractivity contribution >= 4 is 55.6 Å². The largest absolute Gasteiger partial charge is 2.00 e. The van der Waals surface area contributed by atoms with Gasteiger partial charge in [0.25, 0.3) is 0 Å². The van der Waals surface area contributed by atoms with Gasteiger partial charge in [-0.3, -0.25) is 14.4 Å². The molecule has 6 nitrogen and oxygen atoms in total. The Balaban J connectivity index is -0.0000000865. The molecule has 0 rings (SSSR count). The second kappa shape index (κ2) is 29.7. The Morgan fingerprint density at radius 2 is 1.03 bits per heavy atom. The number of carboxylic acid groups (broad SMARTS) is 3.